The van der Waals surface area contributed by atoms with E-state index in [2.05, 4.69) is 41.9 Å². The number of fused-ring (bicyclic) bond motifs is 1. The predicted molar refractivity (Wildman–Crippen MR) is 86.4 cm³/mol. The number of aldehydes is 1. The summed E-state index contributed by atoms with van der Waals surface area (Å²) in [5, 5.41) is 0. The summed E-state index contributed by atoms with van der Waals surface area (Å²) in [7, 11) is 0. The van der Waals surface area contributed by atoms with Crippen LogP contribution in [0.4, 0.5) is 0 Å². The average Bonchev–Trinajstić information content (AvgIpc) is 3.33. The van der Waals surface area contributed by atoms with Crippen LogP contribution in [0.15, 0.2) is 36.7 Å². The Hall–Kier alpha value is -2.00. The monoisotopic (exact) mass is 292 g/mol. The van der Waals surface area contributed by atoms with Gasteiger partial charge in [0.25, 0.3) is 0 Å². The molecule has 0 spiro atoms. The van der Waals surface area contributed by atoms with E-state index in [-0.39, 0.29) is 0 Å². The highest BCUT2D eigenvalue weighted by Crippen LogP contribution is 2.46. The van der Waals surface area contributed by atoms with Crippen LogP contribution in [0.1, 0.15) is 36.5 Å². The van der Waals surface area contributed by atoms with E-state index in [1.54, 1.807) is 6.20 Å². The van der Waals surface area contributed by atoms with E-state index in [1.807, 2.05) is 12.3 Å². The van der Waals surface area contributed by atoms with Crippen molar-refractivity contribution < 1.29 is 4.79 Å². The molecule has 1 aromatic heterocycles. The van der Waals surface area contributed by atoms with Crippen molar-refractivity contribution in [3.63, 3.8) is 0 Å². The summed E-state index contributed by atoms with van der Waals surface area (Å²) in [6.45, 7) is 5.07. The van der Waals surface area contributed by atoms with Crippen molar-refractivity contribution in [2.24, 2.45) is 0 Å². The van der Waals surface area contributed by atoms with Crippen LogP contribution < -0.4 is 0 Å². The van der Waals surface area contributed by atoms with Crippen LogP contribution in [0.3, 0.4) is 0 Å². The van der Waals surface area contributed by atoms with E-state index in [1.165, 1.54) is 35.1 Å². The van der Waals surface area contributed by atoms with E-state index in [0.717, 1.165) is 18.4 Å². The molecule has 3 heteroatoms. The van der Waals surface area contributed by atoms with Crippen molar-refractivity contribution in [2.75, 3.05) is 0 Å². The molecule has 3 nitrogen and oxygen atoms in total. The molecule has 0 bridgehead atoms. The Morgan fingerprint density at radius 1 is 1.32 bits per heavy atom. The molecule has 0 N–H and O–H groups in total. The van der Waals surface area contributed by atoms with Crippen LogP contribution in [0, 0.1) is 6.92 Å². The zero-order valence-corrected chi connectivity index (χ0v) is 13.0. The minimum atomic E-state index is -0.464. The van der Waals surface area contributed by atoms with Crippen LogP contribution in [0.2, 0.25) is 0 Å². The number of benzene rings is 1. The second-order valence-electron chi connectivity index (χ2n) is 6.69. The standard InChI is InChI=1S/C19H20N2O/c1-13-8-15(14-4-3-7-20-10-14)9-16-11-21(17-5-6-17)19(2,12-22)18(13)16/h3-4,7-10,12,17H,5-6,11H2,1-2H3. The van der Waals surface area contributed by atoms with Crippen LogP contribution in [0.25, 0.3) is 11.1 Å². The van der Waals surface area contributed by atoms with Gasteiger partial charge in [0.15, 0.2) is 0 Å². The zero-order chi connectivity index (χ0) is 15.3. The van der Waals surface area contributed by atoms with Crippen LogP contribution in [-0.4, -0.2) is 22.2 Å². The third-order valence-corrected chi connectivity index (χ3v) is 5.07. The highest BCUT2D eigenvalue weighted by atomic mass is 16.1. The van der Waals surface area contributed by atoms with Crippen LogP contribution >= 0.6 is 0 Å². The molecule has 1 atom stereocenters. The molecule has 112 valence electrons. The largest absolute Gasteiger partial charge is 0.301 e. The second kappa shape index (κ2) is 4.75. The maximum Gasteiger partial charge on any atom is 0.144 e. The summed E-state index contributed by atoms with van der Waals surface area (Å²) in [6.07, 6.45) is 7.25. The lowest BCUT2D eigenvalue weighted by Gasteiger charge is -2.31. The van der Waals surface area contributed by atoms with Crippen molar-refractivity contribution in [1.29, 1.82) is 0 Å². The Kier molecular flexibility index (Phi) is 2.95. The SMILES string of the molecule is Cc1cc(-c2cccnc2)cc2c1C(C)(C=O)N(C1CC1)C2. The predicted octanol–water partition coefficient (Wildman–Crippen LogP) is 3.45. The quantitative estimate of drug-likeness (QED) is 0.812. The van der Waals surface area contributed by atoms with Gasteiger partial charge in [-0.25, -0.2) is 0 Å². The molecule has 0 radical (unpaired) electrons. The lowest BCUT2D eigenvalue weighted by molar-refractivity contribution is -0.118. The number of pyridine rings is 1. The van der Waals surface area contributed by atoms with E-state index < -0.39 is 5.54 Å². The highest BCUT2D eigenvalue weighted by molar-refractivity contribution is 5.75. The molecule has 1 fully saturated rings. The number of carbonyl (C=O) groups excluding carboxylic acids is 1. The van der Waals surface area contributed by atoms with Crippen molar-refractivity contribution in [2.45, 2.75) is 44.8 Å². The first-order valence-electron chi connectivity index (χ1n) is 7.91. The average molecular weight is 292 g/mol. The third-order valence-electron chi connectivity index (χ3n) is 5.07. The van der Waals surface area contributed by atoms with Crippen molar-refractivity contribution >= 4 is 6.29 Å². The number of hydrogen-bond donors (Lipinski definition) is 0. The molecule has 22 heavy (non-hydrogen) atoms. The lowest BCUT2D eigenvalue weighted by Crippen LogP contribution is -2.41. The summed E-state index contributed by atoms with van der Waals surface area (Å²) in [6, 6.07) is 9.05. The molecular formula is C19H20N2O. The van der Waals surface area contributed by atoms with Crippen molar-refractivity contribution in [3.8, 4) is 11.1 Å². The molecule has 1 saturated carbocycles. The van der Waals surface area contributed by atoms with Gasteiger partial charge in [0.05, 0.1) is 0 Å². The molecule has 2 aromatic rings. The van der Waals surface area contributed by atoms with Gasteiger partial charge in [-0.05, 0) is 61.1 Å². The van der Waals surface area contributed by atoms with Gasteiger partial charge in [0, 0.05) is 30.5 Å². The number of carbonyl (C=O) groups is 1. The smallest absolute Gasteiger partial charge is 0.144 e. The normalized spacial score (nSPS) is 24.3. The minimum absolute atomic E-state index is 0.464. The number of rotatable bonds is 3. The van der Waals surface area contributed by atoms with E-state index in [0.29, 0.717) is 6.04 Å². The maximum atomic E-state index is 11.9. The van der Waals surface area contributed by atoms with Crippen molar-refractivity contribution in [3.05, 3.63) is 53.3 Å². The van der Waals surface area contributed by atoms with E-state index in [4.69, 9.17) is 0 Å². The molecule has 1 aliphatic heterocycles. The number of aryl methyl sites for hydroxylation is 1. The summed E-state index contributed by atoms with van der Waals surface area (Å²) in [4.78, 5) is 18.5. The van der Waals surface area contributed by atoms with E-state index in [9.17, 15) is 4.79 Å². The molecule has 4 rings (SSSR count). The van der Waals surface area contributed by atoms with Gasteiger partial charge in [-0.3, -0.25) is 9.88 Å². The number of aromatic nitrogens is 1. The molecule has 1 unspecified atom stereocenters. The zero-order valence-electron chi connectivity index (χ0n) is 13.0. The molecule has 0 saturated heterocycles. The first-order valence-corrected chi connectivity index (χ1v) is 7.91. The molecule has 0 amide bonds. The van der Waals surface area contributed by atoms with Gasteiger partial charge >= 0.3 is 0 Å². The first-order chi connectivity index (χ1) is 10.6. The Labute approximate surface area is 131 Å². The number of nitrogens with zero attached hydrogens (tertiary/aromatic N) is 2. The molecule has 2 heterocycles. The first kappa shape index (κ1) is 13.6. The summed E-state index contributed by atoms with van der Waals surface area (Å²) >= 11 is 0. The lowest BCUT2D eigenvalue weighted by atomic mass is 9.87. The van der Waals surface area contributed by atoms with Crippen LogP contribution in [0.5, 0.6) is 0 Å². The van der Waals surface area contributed by atoms with E-state index >= 15 is 0 Å². The van der Waals surface area contributed by atoms with Gasteiger partial charge in [-0.2, -0.15) is 0 Å². The van der Waals surface area contributed by atoms with Gasteiger partial charge in [-0.15, -0.1) is 0 Å². The second-order valence-corrected chi connectivity index (χ2v) is 6.69. The van der Waals surface area contributed by atoms with Crippen molar-refractivity contribution in [1.82, 2.24) is 9.88 Å². The third kappa shape index (κ3) is 1.92. The Bertz CT molecular complexity index is 737. The molecule has 1 aliphatic carbocycles. The molecule has 1 aromatic carbocycles. The summed E-state index contributed by atoms with van der Waals surface area (Å²) in [5.41, 5.74) is 5.56. The fraction of sp³-hybridized carbons (Fsp3) is 0.368. The number of hydrogen-bond acceptors (Lipinski definition) is 3. The maximum absolute atomic E-state index is 11.9. The fourth-order valence-corrected chi connectivity index (χ4v) is 3.92. The fourth-order valence-electron chi connectivity index (χ4n) is 3.92. The van der Waals surface area contributed by atoms with Crippen LogP contribution in [-0.2, 0) is 16.9 Å². The topological polar surface area (TPSA) is 33.2 Å². The van der Waals surface area contributed by atoms with Gasteiger partial charge in [-0.1, -0.05) is 12.1 Å². The van der Waals surface area contributed by atoms with Gasteiger partial charge in [0.2, 0.25) is 0 Å². The molecular weight excluding hydrogens is 272 g/mol. The Morgan fingerprint density at radius 3 is 2.77 bits per heavy atom. The Balaban J connectivity index is 1.85. The summed E-state index contributed by atoms with van der Waals surface area (Å²) < 4.78 is 0. The van der Waals surface area contributed by atoms with Gasteiger partial charge in [0.1, 0.15) is 11.8 Å². The summed E-state index contributed by atoms with van der Waals surface area (Å²) in [5.74, 6) is 0. The van der Waals surface area contributed by atoms with Gasteiger partial charge < -0.3 is 4.79 Å². The Morgan fingerprint density at radius 2 is 2.14 bits per heavy atom. The molecule has 2 aliphatic rings. The minimum Gasteiger partial charge on any atom is -0.301 e. The highest BCUT2D eigenvalue weighted by Gasteiger charge is 2.48.